The molecular weight excluding hydrogens is 378 g/mol. The standard InChI is InChI=1S/C24H21N3O3/c1-24(17-7-3-2-4-8-17)22(29)27(23(30)26-24)14-20(28)25-19-13-12-16-11-10-15-6-5-9-18(19)21(15)16/h2-9,12-13H,10-11,14H2,1H3,(H,25,28)(H,26,30). The third-order valence-corrected chi connectivity index (χ3v) is 6.08. The van der Waals surface area contributed by atoms with Crippen molar-refractivity contribution in [3.05, 3.63) is 77.4 Å². The summed E-state index contributed by atoms with van der Waals surface area (Å²) < 4.78 is 0. The molecule has 6 heteroatoms. The SMILES string of the molecule is CC1(c2ccccc2)NC(=O)N(CC(=O)Nc2ccc3c4c(cccc24)CC3)C1=O. The van der Waals surface area contributed by atoms with Crippen molar-refractivity contribution in [2.75, 3.05) is 11.9 Å². The zero-order valence-electron chi connectivity index (χ0n) is 16.6. The number of rotatable bonds is 4. The van der Waals surface area contributed by atoms with E-state index in [1.165, 1.54) is 16.5 Å². The number of urea groups is 1. The zero-order valence-corrected chi connectivity index (χ0v) is 16.6. The number of benzene rings is 3. The van der Waals surface area contributed by atoms with Gasteiger partial charge < -0.3 is 10.6 Å². The van der Waals surface area contributed by atoms with Gasteiger partial charge in [-0.05, 0) is 47.9 Å². The molecule has 30 heavy (non-hydrogen) atoms. The van der Waals surface area contributed by atoms with Crippen LogP contribution in [0.3, 0.4) is 0 Å². The maximum absolute atomic E-state index is 13.0. The zero-order chi connectivity index (χ0) is 20.9. The Morgan fingerprint density at radius 1 is 1.00 bits per heavy atom. The van der Waals surface area contributed by atoms with E-state index in [1.54, 1.807) is 19.1 Å². The molecule has 0 bridgehead atoms. The monoisotopic (exact) mass is 399 g/mol. The maximum atomic E-state index is 13.0. The molecule has 2 aliphatic rings. The highest BCUT2D eigenvalue weighted by molar-refractivity contribution is 6.11. The maximum Gasteiger partial charge on any atom is 0.325 e. The van der Waals surface area contributed by atoms with E-state index in [0.29, 0.717) is 11.3 Å². The number of nitrogens with one attached hydrogen (secondary N) is 2. The minimum absolute atomic E-state index is 0.337. The smallest absolute Gasteiger partial charge is 0.324 e. The molecular formula is C24H21N3O3. The molecule has 5 rings (SSSR count). The first-order valence-electron chi connectivity index (χ1n) is 10.0. The Balaban J connectivity index is 1.37. The summed E-state index contributed by atoms with van der Waals surface area (Å²) in [6.45, 7) is 1.32. The number of anilines is 1. The molecule has 150 valence electrons. The van der Waals surface area contributed by atoms with Crippen molar-refractivity contribution < 1.29 is 14.4 Å². The Morgan fingerprint density at radius 3 is 2.50 bits per heavy atom. The molecule has 1 saturated heterocycles. The second kappa shape index (κ2) is 6.69. The second-order valence-electron chi connectivity index (χ2n) is 7.97. The molecule has 0 saturated carbocycles. The van der Waals surface area contributed by atoms with Crippen LogP contribution in [0, 0.1) is 0 Å². The van der Waals surface area contributed by atoms with Crippen molar-refractivity contribution >= 4 is 34.3 Å². The summed E-state index contributed by atoms with van der Waals surface area (Å²) in [5, 5.41) is 7.80. The minimum Gasteiger partial charge on any atom is -0.324 e. The van der Waals surface area contributed by atoms with Crippen molar-refractivity contribution in [3.8, 4) is 0 Å². The summed E-state index contributed by atoms with van der Waals surface area (Å²) in [5.41, 5.74) is 2.76. The average molecular weight is 399 g/mol. The second-order valence-corrected chi connectivity index (χ2v) is 7.97. The van der Waals surface area contributed by atoms with Crippen molar-refractivity contribution in [2.45, 2.75) is 25.3 Å². The highest BCUT2D eigenvalue weighted by Gasteiger charge is 2.49. The first kappa shape index (κ1) is 18.4. The predicted molar refractivity (Wildman–Crippen MR) is 114 cm³/mol. The lowest BCUT2D eigenvalue weighted by atomic mass is 9.92. The van der Waals surface area contributed by atoms with Crippen LogP contribution in [0.5, 0.6) is 0 Å². The largest absolute Gasteiger partial charge is 0.325 e. The van der Waals surface area contributed by atoms with E-state index < -0.39 is 23.4 Å². The van der Waals surface area contributed by atoms with Crippen LogP contribution >= 0.6 is 0 Å². The summed E-state index contributed by atoms with van der Waals surface area (Å²) in [7, 11) is 0. The molecule has 1 aliphatic heterocycles. The van der Waals surface area contributed by atoms with Gasteiger partial charge in [-0.2, -0.15) is 0 Å². The van der Waals surface area contributed by atoms with Gasteiger partial charge in [0.15, 0.2) is 0 Å². The molecule has 1 heterocycles. The first-order valence-corrected chi connectivity index (χ1v) is 10.0. The van der Waals surface area contributed by atoms with Crippen molar-refractivity contribution in [2.24, 2.45) is 0 Å². The van der Waals surface area contributed by atoms with E-state index in [-0.39, 0.29) is 6.54 Å². The summed E-state index contributed by atoms with van der Waals surface area (Å²) in [5.74, 6) is -0.844. The molecule has 1 atom stereocenters. The van der Waals surface area contributed by atoms with Gasteiger partial charge in [0.05, 0.1) is 0 Å². The number of amides is 4. The Kier molecular flexibility index (Phi) is 4.10. The molecule has 3 aromatic carbocycles. The van der Waals surface area contributed by atoms with Crippen LogP contribution < -0.4 is 10.6 Å². The van der Waals surface area contributed by atoms with E-state index in [0.717, 1.165) is 23.1 Å². The highest BCUT2D eigenvalue weighted by atomic mass is 16.2. The number of hydrogen-bond donors (Lipinski definition) is 2. The lowest BCUT2D eigenvalue weighted by Crippen LogP contribution is -2.42. The Labute approximate surface area is 173 Å². The minimum atomic E-state index is -1.18. The van der Waals surface area contributed by atoms with Gasteiger partial charge in [0.2, 0.25) is 5.91 Å². The Morgan fingerprint density at radius 2 is 1.73 bits per heavy atom. The topological polar surface area (TPSA) is 78.5 Å². The van der Waals surface area contributed by atoms with Gasteiger partial charge in [0, 0.05) is 11.1 Å². The molecule has 0 aromatic heterocycles. The third kappa shape index (κ3) is 2.76. The molecule has 0 spiro atoms. The van der Waals surface area contributed by atoms with Crippen LogP contribution in [-0.2, 0) is 28.0 Å². The number of carbonyl (C=O) groups excluding carboxylic acids is 3. The van der Waals surface area contributed by atoms with Gasteiger partial charge in [-0.3, -0.25) is 14.5 Å². The first-order chi connectivity index (χ1) is 14.5. The predicted octanol–water partition coefficient (Wildman–Crippen LogP) is 3.34. The summed E-state index contributed by atoms with van der Waals surface area (Å²) in [6.07, 6.45) is 2.01. The van der Waals surface area contributed by atoms with Crippen LogP contribution in [-0.4, -0.2) is 29.3 Å². The summed E-state index contributed by atoms with van der Waals surface area (Å²) >= 11 is 0. The van der Waals surface area contributed by atoms with Crippen molar-refractivity contribution in [1.82, 2.24) is 10.2 Å². The number of nitrogens with zero attached hydrogens (tertiary/aromatic N) is 1. The quantitative estimate of drug-likeness (QED) is 0.661. The molecule has 2 N–H and O–H groups in total. The fourth-order valence-electron chi connectivity index (χ4n) is 4.50. The lowest BCUT2D eigenvalue weighted by Gasteiger charge is -2.22. The summed E-state index contributed by atoms with van der Waals surface area (Å²) in [6, 6.07) is 18.5. The average Bonchev–Trinajstić information content (AvgIpc) is 3.27. The van der Waals surface area contributed by atoms with Crippen LogP contribution in [0.2, 0.25) is 0 Å². The number of imide groups is 1. The highest BCUT2D eigenvalue weighted by Crippen LogP contribution is 2.35. The van der Waals surface area contributed by atoms with Crippen molar-refractivity contribution in [3.63, 3.8) is 0 Å². The van der Waals surface area contributed by atoms with E-state index in [9.17, 15) is 14.4 Å². The molecule has 6 nitrogen and oxygen atoms in total. The van der Waals surface area contributed by atoms with Crippen LogP contribution in [0.15, 0.2) is 60.7 Å². The van der Waals surface area contributed by atoms with Gasteiger partial charge in [0.1, 0.15) is 12.1 Å². The molecule has 1 fully saturated rings. The van der Waals surface area contributed by atoms with E-state index in [4.69, 9.17) is 0 Å². The number of aryl methyl sites for hydroxylation is 2. The van der Waals surface area contributed by atoms with E-state index >= 15 is 0 Å². The van der Waals surface area contributed by atoms with Gasteiger partial charge in [-0.15, -0.1) is 0 Å². The van der Waals surface area contributed by atoms with Crippen LogP contribution in [0.4, 0.5) is 10.5 Å². The Bertz CT molecular complexity index is 1190. The van der Waals surface area contributed by atoms with Gasteiger partial charge in [-0.1, -0.05) is 54.6 Å². The fraction of sp³-hybridized carbons (Fsp3) is 0.208. The molecule has 1 unspecified atom stereocenters. The fourth-order valence-corrected chi connectivity index (χ4v) is 4.50. The van der Waals surface area contributed by atoms with E-state index in [1.807, 2.05) is 42.5 Å². The molecule has 3 aromatic rings. The third-order valence-electron chi connectivity index (χ3n) is 6.08. The van der Waals surface area contributed by atoms with Gasteiger partial charge in [0.25, 0.3) is 5.91 Å². The lowest BCUT2D eigenvalue weighted by molar-refractivity contribution is -0.133. The van der Waals surface area contributed by atoms with Crippen molar-refractivity contribution in [1.29, 1.82) is 0 Å². The Hall–Kier alpha value is -3.67. The van der Waals surface area contributed by atoms with Crippen LogP contribution in [0.25, 0.3) is 10.8 Å². The van der Waals surface area contributed by atoms with E-state index in [2.05, 4.69) is 16.7 Å². The van der Waals surface area contributed by atoms with Crippen LogP contribution in [0.1, 0.15) is 23.6 Å². The molecule has 0 radical (unpaired) electrons. The summed E-state index contributed by atoms with van der Waals surface area (Å²) in [4.78, 5) is 39.2. The van der Waals surface area contributed by atoms with Gasteiger partial charge in [-0.25, -0.2) is 4.79 Å². The van der Waals surface area contributed by atoms with Gasteiger partial charge >= 0.3 is 6.03 Å². The number of carbonyl (C=O) groups is 3. The normalized spacial score (nSPS) is 20.0. The molecule has 4 amide bonds. The number of hydrogen-bond acceptors (Lipinski definition) is 3. The molecule has 1 aliphatic carbocycles.